The van der Waals surface area contributed by atoms with Gasteiger partial charge in [-0.05, 0) is 120 Å². The smallest absolute Gasteiger partial charge is 0.255 e. The molecule has 0 bridgehead atoms. The molecule has 0 unspecified atom stereocenters. The second-order valence-electron chi connectivity index (χ2n) is 16.6. The summed E-state index contributed by atoms with van der Waals surface area (Å²) < 4.78 is 15.5. The van der Waals surface area contributed by atoms with Gasteiger partial charge in [-0.2, -0.15) is 5.10 Å². The van der Waals surface area contributed by atoms with Gasteiger partial charge in [0.25, 0.3) is 5.91 Å². The molecule has 296 valence electrons. The predicted molar refractivity (Wildman–Crippen MR) is 224 cm³/mol. The van der Waals surface area contributed by atoms with Crippen LogP contribution in [0.15, 0.2) is 85.1 Å². The summed E-state index contributed by atoms with van der Waals surface area (Å²) in [6.07, 6.45) is 7.49. The lowest BCUT2D eigenvalue weighted by molar-refractivity contribution is -0.136. The molecule has 5 aliphatic rings. The van der Waals surface area contributed by atoms with Crippen molar-refractivity contribution in [1.29, 1.82) is 0 Å². The highest BCUT2D eigenvalue weighted by Crippen LogP contribution is 2.43. The van der Waals surface area contributed by atoms with Crippen LogP contribution in [0, 0.1) is 11.7 Å². The molecule has 4 aliphatic heterocycles. The van der Waals surface area contributed by atoms with Crippen LogP contribution < -0.4 is 15.1 Å². The normalized spacial score (nSPS) is 20.7. The Bertz CT molecular complexity index is 2430. The molecule has 3 saturated heterocycles. The molecule has 1 aromatic heterocycles. The first-order chi connectivity index (χ1) is 28.4. The first-order valence-electron chi connectivity index (χ1n) is 20.9. The number of hydrogen-bond donors (Lipinski definition) is 2. The third-order valence-electron chi connectivity index (χ3n) is 13.2. The summed E-state index contributed by atoms with van der Waals surface area (Å²) in [4.78, 5) is 46.5. The van der Waals surface area contributed by atoms with E-state index in [0.717, 1.165) is 111 Å². The van der Waals surface area contributed by atoms with Gasteiger partial charge in [0.05, 0.1) is 6.20 Å². The van der Waals surface area contributed by atoms with Crippen LogP contribution >= 0.6 is 0 Å². The number of piperazine rings is 1. The SMILES string of the molecule is O=C1CC[C@H](N2Cc3cc(N4CCN(CC5CCN(c6ccc(C7=C(c8ccccc8)CCCc8c7cc(F)c7[nH]ncc87)cc6)CC5)CC4)ccc3C2=O)C(=O)N1. The van der Waals surface area contributed by atoms with Gasteiger partial charge in [-0.3, -0.25) is 29.7 Å². The number of carbonyl (C=O) groups excluding carboxylic acids is 3. The van der Waals surface area contributed by atoms with E-state index in [4.69, 9.17) is 0 Å². The van der Waals surface area contributed by atoms with Crippen LogP contribution in [0.3, 0.4) is 0 Å². The fourth-order valence-electron chi connectivity index (χ4n) is 10.1. The molecule has 0 saturated carbocycles. The lowest BCUT2D eigenvalue weighted by Crippen LogP contribution is -2.52. The number of hydrogen-bond acceptors (Lipinski definition) is 7. The molecule has 1 aliphatic carbocycles. The molecule has 0 radical (unpaired) electrons. The summed E-state index contributed by atoms with van der Waals surface area (Å²) in [5.74, 6) is -0.391. The van der Waals surface area contributed by atoms with Crippen molar-refractivity contribution in [2.75, 3.05) is 55.6 Å². The number of allylic oxidation sites excluding steroid dienone is 1. The molecule has 10 rings (SSSR count). The Balaban J connectivity index is 0.768. The molecular formula is C47H48FN7O3. The molecule has 3 fully saturated rings. The van der Waals surface area contributed by atoms with Gasteiger partial charge in [0.2, 0.25) is 11.8 Å². The summed E-state index contributed by atoms with van der Waals surface area (Å²) in [5.41, 5.74) is 11.3. The minimum Gasteiger partial charge on any atom is -0.372 e. The lowest BCUT2D eigenvalue weighted by Gasteiger charge is -2.40. The van der Waals surface area contributed by atoms with E-state index in [1.165, 1.54) is 22.4 Å². The van der Waals surface area contributed by atoms with Crippen molar-refractivity contribution in [3.8, 4) is 0 Å². The van der Waals surface area contributed by atoms with Crippen molar-refractivity contribution in [1.82, 2.24) is 25.3 Å². The Hall–Kier alpha value is -5.81. The van der Waals surface area contributed by atoms with Crippen molar-refractivity contribution >= 4 is 51.1 Å². The molecule has 10 nitrogen and oxygen atoms in total. The molecule has 2 N–H and O–H groups in total. The number of halogens is 1. The summed E-state index contributed by atoms with van der Waals surface area (Å²) in [6.45, 7) is 7.42. The third kappa shape index (κ3) is 6.74. The Morgan fingerprint density at radius 1 is 0.741 bits per heavy atom. The van der Waals surface area contributed by atoms with Crippen molar-refractivity contribution < 1.29 is 18.8 Å². The maximum absolute atomic E-state index is 15.5. The zero-order chi connectivity index (χ0) is 39.3. The minimum absolute atomic E-state index is 0.130. The van der Waals surface area contributed by atoms with Crippen LogP contribution in [0.25, 0.3) is 22.0 Å². The van der Waals surface area contributed by atoms with E-state index in [0.29, 0.717) is 30.0 Å². The average Bonchev–Trinajstić information content (AvgIpc) is 3.82. The number of nitrogens with zero attached hydrogens (tertiary/aromatic N) is 5. The minimum atomic E-state index is -0.596. The molecule has 4 aromatic carbocycles. The van der Waals surface area contributed by atoms with Crippen LogP contribution in [0.2, 0.25) is 0 Å². The predicted octanol–water partition coefficient (Wildman–Crippen LogP) is 6.80. The second kappa shape index (κ2) is 15.2. The summed E-state index contributed by atoms with van der Waals surface area (Å²) >= 11 is 0. The number of benzene rings is 4. The van der Waals surface area contributed by atoms with Crippen molar-refractivity contribution in [2.45, 2.75) is 57.5 Å². The van der Waals surface area contributed by atoms with E-state index >= 15 is 4.39 Å². The Kier molecular flexibility index (Phi) is 9.55. The highest BCUT2D eigenvalue weighted by molar-refractivity contribution is 6.06. The number of imide groups is 1. The van der Waals surface area contributed by atoms with E-state index in [-0.39, 0.29) is 30.0 Å². The standard InChI is InChI=1S/C47H48FN7O3/c48-41-26-39-38(40-27-49-51-45(40)41)8-4-7-36(31-5-2-1-3-6-31)44(39)32-9-11-34(12-10-32)53-19-17-30(18-20-53)28-52-21-23-54(24-22-52)35-13-14-37-33(25-35)29-55(47(37)58)42-15-16-43(56)50-46(42)57/h1-3,5-6,9-14,25-27,30,42H,4,7-8,15-24,28-29H2,(H,49,51)(H,50,56,57)/t42-/m0/s1. The van der Waals surface area contributed by atoms with Gasteiger partial charge < -0.3 is 14.7 Å². The zero-order valence-corrected chi connectivity index (χ0v) is 32.7. The van der Waals surface area contributed by atoms with E-state index in [1.54, 1.807) is 17.2 Å². The topological polar surface area (TPSA) is 105 Å². The maximum Gasteiger partial charge on any atom is 0.255 e. The summed E-state index contributed by atoms with van der Waals surface area (Å²) in [5, 5.41) is 10.3. The fraction of sp³-hybridized carbons (Fsp3) is 0.362. The molecule has 58 heavy (non-hydrogen) atoms. The van der Waals surface area contributed by atoms with Gasteiger partial charge in [0.15, 0.2) is 0 Å². The van der Waals surface area contributed by atoms with E-state index in [2.05, 4.69) is 84.8 Å². The van der Waals surface area contributed by atoms with Gasteiger partial charge in [0, 0.05) is 81.1 Å². The highest BCUT2D eigenvalue weighted by atomic mass is 19.1. The van der Waals surface area contributed by atoms with E-state index in [9.17, 15) is 14.4 Å². The van der Waals surface area contributed by atoms with Gasteiger partial charge in [-0.25, -0.2) is 4.39 Å². The first kappa shape index (κ1) is 36.5. The zero-order valence-electron chi connectivity index (χ0n) is 32.7. The Labute approximate surface area is 337 Å². The van der Waals surface area contributed by atoms with E-state index < -0.39 is 6.04 Å². The number of aromatic amines is 1. The molecular weight excluding hydrogens is 730 g/mol. The Morgan fingerprint density at radius 3 is 2.28 bits per heavy atom. The molecule has 3 amide bonds. The van der Waals surface area contributed by atoms with Gasteiger partial charge in [-0.15, -0.1) is 0 Å². The summed E-state index contributed by atoms with van der Waals surface area (Å²) in [7, 11) is 0. The number of rotatable bonds is 7. The highest BCUT2D eigenvalue weighted by Gasteiger charge is 2.39. The number of aryl methyl sites for hydroxylation is 1. The molecule has 0 spiro atoms. The molecule has 11 heteroatoms. The van der Waals surface area contributed by atoms with Crippen LogP contribution in [0.4, 0.5) is 15.8 Å². The number of aromatic nitrogens is 2. The molecule has 5 aromatic rings. The number of amides is 3. The number of anilines is 2. The second-order valence-corrected chi connectivity index (χ2v) is 16.6. The summed E-state index contributed by atoms with van der Waals surface area (Å²) in [6, 6.07) is 26.7. The molecule has 1 atom stereocenters. The number of piperidine rings is 2. The van der Waals surface area contributed by atoms with Crippen LogP contribution in [0.1, 0.15) is 76.7 Å². The van der Waals surface area contributed by atoms with Gasteiger partial charge in [0.1, 0.15) is 17.4 Å². The van der Waals surface area contributed by atoms with Crippen molar-refractivity contribution in [3.63, 3.8) is 0 Å². The first-order valence-corrected chi connectivity index (χ1v) is 20.9. The van der Waals surface area contributed by atoms with Crippen LogP contribution in [-0.4, -0.2) is 89.6 Å². The van der Waals surface area contributed by atoms with Gasteiger partial charge >= 0.3 is 0 Å². The number of carbonyl (C=O) groups is 3. The van der Waals surface area contributed by atoms with Crippen molar-refractivity contribution in [2.24, 2.45) is 5.92 Å². The number of nitrogens with one attached hydrogen (secondary N) is 2. The maximum atomic E-state index is 15.5. The fourth-order valence-corrected chi connectivity index (χ4v) is 10.1. The monoisotopic (exact) mass is 777 g/mol. The van der Waals surface area contributed by atoms with Crippen LogP contribution in [-0.2, 0) is 22.6 Å². The van der Waals surface area contributed by atoms with E-state index in [1.807, 2.05) is 18.2 Å². The van der Waals surface area contributed by atoms with Crippen LogP contribution in [0.5, 0.6) is 0 Å². The average molecular weight is 778 g/mol. The lowest BCUT2D eigenvalue weighted by atomic mass is 9.87. The van der Waals surface area contributed by atoms with Gasteiger partial charge in [-0.1, -0.05) is 42.5 Å². The number of fused-ring (bicyclic) bond motifs is 4. The quantitative estimate of drug-likeness (QED) is 0.175. The third-order valence-corrected chi connectivity index (χ3v) is 13.2. The van der Waals surface area contributed by atoms with Crippen molar-refractivity contribution in [3.05, 3.63) is 124 Å². The Morgan fingerprint density at radius 2 is 1.50 bits per heavy atom. The number of H-pyrrole nitrogens is 1. The largest absolute Gasteiger partial charge is 0.372 e. The molecule has 5 heterocycles.